The topological polar surface area (TPSA) is 39.4 Å². The Morgan fingerprint density at radius 2 is 2.00 bits per heavy atom. The van der Waals surface area contributed by atoms with Crippen molar-refractivity contribution in [3.63, 3.8) is 0 Å². The lowest BCUT2D eigenvalue weighted by atomic mass is 10.1. The van der Waals surface area contributed by atoms with Crippen molar-refractivity contribution in [2.45, 2.75) is 44.9 Å². The Bertz CT molecular complexity index is 573. The van der Waals surface area contributed by atoms with Crippen molar-refractivity contribution in [1.82, 2.24) is 4.31 Å². The van der Waals surface area contributed by atoms with Crippen LogP contribution in [-0.2, 0) is 17.8 Å². The van der Waals surface area contributed by atoms with Gasteiger partial charge in [0.25, 0.3) is 0 Å². The van der Waals surface area contributed by atoms with Crippen LogP contribution in [0, 0.1) is 0 Å². The summed E-state index contributed by atoms with van der Waals surface area (Å²) in [6.45, 7) is 8.13. The molecular weight excluding hydrogens is 270 g/mol. The lowest BCUT2D eigenvalue weighted by Crippen LogP contribution is -2.45. The number of benzene rings is 1. The number of nitrogens with zero attached hydrogens (tertiary/aromatic N) is 1. The van der Waals surface area contributed by atoms with Gasteiger partial charge in [-0.25, -0.2) is 0 Å². The molecule has 2 aromatic rings. The summed E-state index contributed by atoms with van der Waals surface area (Å²) in [5, 5.41) is 1.12. The minimum absolute atomic E-state index is 0.222. The Morgan fingerprint density at radius 3 is 2.65 bits per heavy atom. The van der Waals surface area contributed by atoms with Gasteiger partial charge in [0, 0.05) is 23.8 Å². The zero-order chi connectivity index (χ0) is 14.9. The highest BCUT2D eigenvalue weighted by molar-refractivity contribution is 7.90. The average molecular weight is 293 g/mol. The normalized spacial score (nSPS) is 15.8. The van der Waals surface area contributed by atoms with E-state index in [0.29, 0.717) is 0 Å². The summed E-state index contributed by atoms with van der Waals surface area (Å²) in [4.78, 5) is 0. The molecule has 1 heterocycles. The van der Waals surface area contributed by atoms with E-state index in [1.165, 1.54) is 5.56 Å². The maximum atomic E-state index is 12.4. The van der Waals surface area contributed by atoms with Crippen LogP contribution in [0.15, 0.2) is 34.9 Å². The zero-order valence-electron chi connectivity index (χ0n) is 12.8. The quantitative estimate of drug-likeness (QED) is 0.806. The van der Waals surface area contributed by atoms with E-state index in [1.807, 2.05) is 44.3 Å². The third-order valence-electron chi connectivity index (χ3n) is 3.45. The first-order chi connectivity index (χ1) is 9.29. The van der Waals surface area contributed by atoms with E-state index >= 15 is 0 Å². The van der Waals surface area contributed by atoms with Gasteiger partial charge in [0.1, 0.15) is 10.3 Å². The molecule has 0 fully saturated rings. The van der Waals surface area contributed by atoms with Gasteiger partial charge in [0.15, 0.2) is 0 Å². The van der Waals surface area contributed by atoms with Crippen LogP contribution in [-0.4, -0.2) is 26.7 Å². The molecule has 2 atom stereocenters. The molecule has 110 valence electrons. The van der Waals surface area contributed by atoms with Gasteiger partial charge in [-0.3, -0.25) is 0 Å². The molecule has 0 saturated heterocycles. The molecule has 0 N–H and O–H groups in total. The third-order valence-corrected chi connectivity index (χ3v) is 5.38. The van der Waals surface area contributed by atoms with E-state index in [0.717, 1.165) is 17.4 Å². The second-order valence-corrected chi connectivity index (χ2v) is 8.55. The first kappa shape index (κ1) is 15.4. The van der Waals surface area contributed by atoms with Crippen molar-refractivity contribution in [3.05, 3.63) is 36.1 Å². The van der Waals surface area contributed by atoms with Crippen molar-refractivity contribution in [1.29, 1.82) is 0 Å². The van der Waals surface area contributed by atoms with Gasteiger partial charge in [-0.05, 0) is 57.9 Å². The van der Waals surface area contributed by atoms with E-state index in [9.17, 15) is 4.55 Å². The smallest absolute Gasteiger partial charge is 0.137 e. The maximum absolute atomic E-state index is 12.4. The largest absolute Gasteiger partial charge is 0.598 e. The van der Waals surface area contributed by atoms with Gasteiger partial charge >= 0.3 is 0 Å². The summed E-state index contributed by atoms with van der Waals surface area (Å²) in [7, 11) is 1.93. The molecule has 0 spiro atoms. The molecule has 0 aliphatic heterocycles. The Labute approximate surface area is 124 Å². The standard InChI is InChI=1S/C16H23NO2S/c1-12(17(5)20(18)16(2,3)4)10-13-6-7-15-14(11-13)8-9-19-15/h6-9,11-12H,10H2,1-5H3/t12?,20-/m1/s1. The molecular formula is C16H23NO2S. The number of hydrogen-bond donors (Lipinski definition) is 0. The van der Waals surface area contributed by atoms with E-state index in [2.05, 4.69) is 19.1 Å². The molecule has 1 aromatic heterocycles. The Kier molecular flexibility index (Phi) is 4.47. The lowest BCUT2D eigenvalue weighted by molar-refractivity contribution is 0.373. The Morgan fingerprint density at radius 1 is 1.30 bits per heavy atom. The van der Waals surface area contributed by atoms with E-state index in [1.54, 1.807) is 6.26 Å². The molecule has 0 radical (unpaired) electrons. The fourth-order valence-corrected chi connectivity index (χ4v) is 3.47. The van der Waals surface area contributed by atoms with Crippen molar-refractivity contribution in [2.75, 3.05) is 7.05 Å². The van der Waals surface area contributed by atoms with Gasteiger partial charge in [0.2, 0.25) is 0 Å². The van der Waals surface area contributed by atoms with E-state index < -0.39 is 11.4 Å². The fraction of sp³-hybridized carbons (Fsp3) is 0.500. The molecule has 0 saturated carbocycles. The first-order valence-electron chi connectivity index (χ1n) is 6.90. The van der Waals surface area contributed by atoms with Gasteiger partial charge in [-0.1, -0.05) is 6.07 Å². The van der Waals surface area contributed by atoms with Crippen LogP contribution in [0.5, 0.6) is 0 Å². The number of likely N-dealkylation sites (N-methyl/N-ethyl adjacent to an activating group) is 1. The maximum Gasteiger partial charge on any atom is 0.137 e. The summed E-state index contributed by atoms with van der Waals surface area (Å²) in [5.74, 6) is 0. The van der Waals surface area contributed by atoms with Crippen LogP contribution < -0.4 is 0 Å². The molecule has 0 aliphatic carbocycles. The van der Waals surface area contributed by atoms with Gasteiger partial charge in [-0.15, -0.1) is 4.31 Å². The molecule has 2 rings (SSSR count). The fourth-order valence-electron chi connectivity index (χ4n) is 2.21. The first-order valence-corrected chi connectivity index (χ1v) is 8.00. The van der Waals surface area contributed by atoms with Crippen LogP contribution in [0.4, 0.5) is 0 Å². The second-order valence-electron chi connectivity index (χ2n) is 6.25. The Hall–Kier alpha value is -0.970. The summed E-state index contributed by atoms with van der Waals surface area (Å²) >= 11 is -0.990. The van der Waals surface area contributed by atoms with Crippen molar-refractivity contribution < 1.29 is 8.97 Å². The van der Waals surface area contributed by atoms with Crippen LogP contribution in [0.1, 0.15) is 33.3 Å². The van der Waals surface area contributed by atoms with Gasteiger partial charge in [-0.2, -0.15) is 0 Å². The van der Waals surface area contributed by atoms with Crippen LogP contribution in [0.3, 0.4) is 0 Å². The molecule has 1 aromatic carbocycles. The number of hydrogen-bond acceptors (Lipinski definition) is 3. The second kappa shape index (κ2) is 5.80. The van der Waals surface area contributed by atoms with Gasteiger partial charge < -0.3 is 8.97 Å². The predicted molar refractivity (Wildman–Crippen MR) is 85.0 cm³/mol. The van der Waals surface area contributed by atoms with E-state index in [-0.39, 0.29) is 10.8 Å². The van der Waals surface area contributed by atoms with Crippen molar-refractivity contribution in [2.24, 2.45) is 0 Å². The molecule has 0 bridgehead atoms. The molecule has 4 heteroatoms. The van der Waals surface area contributed by atoms with Gasteiger partial charge in [0.05, 0.1) is 12.3 Å². The van der Waals surface area contributed by atoms with Crippen molar-refractivity contribution >= 4 is 22.3 Å². The molecule has 1 unspecified atom stereocenters. The lowest BCUT2D eigenvalue weighted by Gasteiger charge is -2.33. The SMILES string of the molecule is CC(Cc1ccc2occc2c1)N(C)[S@+]([O-])C(C)(C)C. The monoisotopic (exact) mass is 293 g/mol. The minimum Gasteiger partial charge on any atom is -0.598 e. The molecule has 3 nitrogen and oxygen atoms in total. The number of fused-ring (bicyclic) bond motifs is 1. The summed E-state index contributed by atoms with van der Waals surface area (Å²) < 4.78 is 19.5. The highest BCUT2D eigenvalue weighted by Crippen LogP contribution is 2.23. The van der Waals surface area contributed by atoms with Crippen LogP contribution in [0.25, 0.3) is 11.0 Å². The third kappa shape index (κ3) is 3.37. The average Bonchev–Trinajstić information content (AvgIpc) is 2.83. The summed E-state index contributed by atoms with van der Waals surface area (Å²) in [6, 6.07) is 8.41. The highest BCUT2D eigenvalue weighted by atomic mass is 32.2. The predicted octanol–water partition coefficient (Wildman–Crippen LogP) is 3.76. The van der Waals surface area contributed by atoms with Crippen LogP contribution in [0.2, 0.25) is 0 Å². The molecule has 0 aliphatic rings. The number of furan rings is 1. The van der Waals surface area contributed by atoms with Crippen molar-refractivity contribution in [3.8, 4) is 0 Å². The molecule has 20 heavy (non-hydrogen) atoms. The zero-order valence-corrected chi connectivity index (χ0v) is 13.7. The highest BCUT2D eigenvalue weighted by Gasteiger charge is 2.33. The van der Waals surface area contributed by atoms with E-state index in [4.69, 9.17) is 4.42 Å². The van der Waals surface area contributed by atoms with Crippen LogP contribution >= 0.6 is 0 Å². The summed E-state index contributed by atoms with van der Waals surface area (Å²) in [5.41, 5.74) is 2.15. The number of rotatable bonds is 4. The Balaban J connectivity index is 2.08. The minimum atomic E-state index is -0.990. The molecule has 0 amide bonds. The summed E-state index contributed by atoms with van der Waals surface area (Å²) in [6.07, 6.45) is 2.58.